The molecule has 1 aliphatic heterocycles. The zero-order valence-corrected chi connectivity index (χ0v) is 13.7. The van der Waals surface area contributed by atoms with Crippen molar-refractivity contribution < 1.29 is 13.9 Å². The van der Waals surface area contributed by atoms with E-state index >= 15 is 0 Å². The molecule has 0 aliphatic carbocycles. The first kappa shape index (κ1) is 16.3. The zero-order valence-electron chi connectivity index (χ0n) is 13.7. The Bertz CT molecular complexity index is 678. The standard InChI is InChI=1S/C19H21FN2O2/c1-2-24-18-9-7-17(8-10-18)21-11-13-22(14-12-21)19(23)15-3-5-16(20)6-4-15/h3-10H,2,11-14H2,1H3. The molecule has 0 radical (unpaired) electrons. The van der Waals surface area contributed by atoms with Crippen molar-refractivity contribution in [1.29, 1.82) is 0 Å². The maximum Gasteiger partial charge on any atom is 0.253 e. The number of halogens is 1. The lowest BCUT2D eigenvalue weighted by Crippen LogP contribution is -2.48. The minimum Gasteiger partial charge on any atom is -0.494 e. The summed E-state index contributed by atoms with van der Waals surface area (Å²) in [4.78, 5) is 16.5. The Labute approximate surface area is 141 Å². The Morgan fingerprint density at radius 1 is 1.00 bits per heavy atom. The number of anilines is 1. The van der Waals surface area contributed by atoms with E-state index in [2.05, 4.69) is 4.90 Å². The van der Waals surface area contributed by atoms with Gasteiger partial charge in [-0.3, -0.25) is 4.79 Å². The third-order valence-electron chi connectivity index (χ3n) is 4.17. The minimum absolute atomic E-state index is 0.0404. The van der Waals surface area contributed by atoms with Gasteiger partial charge in [-0.15, -0.1) is 0 Å². The predicted molar refractivity (Wildman–Crippen MR) is 92.1 cm³/mol. The molecule has 0 unspecified atom stereocenters. The summed E-state index contributed by atoms with van der Waals surface area (Å²) >= 11 is 0. The van der Waals surface area contributed by atoms with Crippen LogP contribution in [-0.4, -0.2) is 43.6 Å². The number of nitrogens with zero attached hydrogens (tertiary/aromatic N) is 2. The van der Waals surface area contributed by atoms with Crippen LogP contribution in [0.2, 0.25) is 0 Å². The second-order valence-corrected chi connectivity index (χ2v) is 5.71. The molecule has 3 rings (SSSR count). The average Bonchev–Trinajstić information content (AvgIpc) is 2.63. The maximum atomic E-state index is 13.0. The van der Waals surface area contributed by atoms with Gasteiger partial charge in [-0.2, -0.15) is 0 Å². The molecule has 5 heteroatoms. The van der Waals surface area contributed by atoms with Gasteiger partial charge < -0.3 is 14.5 Å². The summed E-state index contributed by atoms with van der Waals surface area (Å²) in [5.74, 6) is 0.500. The molecule has 0 saturated carbocycles. The molecule has 0 aromatic heterocycles. The quantitative estimate of drug-likeness (QED) is 0.864. The van der Waals surface area contributed by atoms with Gasteiger partial charge in [-0.1, -0.05) is 0 Å². The van der Waals surface area contributed by atoms with Crippen LogP contribution in [0.3, 0.4) is 0 Å². The Hall–Kier alpha value is -2.56. The first-order valence-electron chi connectivity index (χ1n) is 8.20. The fourth-order valence-corrected chi connectivity index (χ4v) is 2.86. The molecular weight excluding hydrogens is 307 g/mol. The van der Waals surface area contributed by atoms with Crippen LogP contribution in [0, 0.1) is 5.82 Å². The van der Waals surface area contributed by atoms with Gasteiger partial charge in [0.05, 0.1) is 6.61 Å². The molecule has 126 valence electrons. The summed E-state index contributed by atoms with van der Waals surface area (Å²) in [5, 5.41) is 0. The van der Waals surface area contributed by atoms with Gasteiger partial charge in [0.1, 0.15) is 11.6 Å². The number of carbonyl (C=O) groups excluding carboxylic acids is 1. The monoisotopic (exact) mass is 328 g/mol. The molecular formula is C19H21FN2O2. The van der Waals surface area contributed by atoms with Gasteiger partial charge in [-0.05, 0) is 55.5 Å². The first-order valence-corrected chi connectivity index (χ1v) is 8.20. The molecule has 2 aromatic carbocycles. The van der Waals surface area contributed by atoms with E-state index < -0.39 is 0 Å². The van der Waals surface area contributed by atoms with Crippen molar-refractivity contribution in [3.05, 3.63) is 59.9 Å². The summed E-state index contributed by atoms with van der Waals surface area (Å²) < 4.78 is 18.4. The summed E-state index contributed by atoms with van der Waals surface area (Å²) in [5.41, 5.74) is 1.67. The van der Waals surface area contributed by atoms with Gasteiger partial charge in [0.2, 0.25) is 0 Å². The Morgan fingerprint density at radius 3 is 2.21 bits per heavy atom. The zero-order chi connectivity index (χ0) is 16.9. The summed E-state index contributed by atoms with van der Waals surface area (Å²) in [7, 11) is 0. The highest BCUT2D eigenvalue weighted by molar-refractivity contribution is 5.94. The molecule has 4 nitrogen and oxygen atoms in total. The van der Waals surface area contributed by atoms with Crippen molar-refractivity contribution in [1.82, 2.24) is 4.90 Å². The molecule has 1 heterocycles. The topological polar surface area (TPSA) is 32.8 Å². The first-order chi connectivity index (χ1) is 11.7. The molecule has 0 bridgehead atoms. The highest BCUT2D eigenvalue weighted by Gasteiger charge is 2.22. The molecule has 1 fully saturated rings. The number of hydrogen-bond donors (Lipinski definition) is 0. The van der Waals surface area contributed by atoms with Gasteiger partial charge in [0.15, 0.2) is 0 Å². The van der Waals surface area contributed by atoms with E-state index in [0.717, 1.165) is 24.5 Å². The number of benzene rings is 2. The summed E-state index contributed by atoms with van der Waals surface area (Å²) in [6.45, 7) is 5.49. The van der Waals surface area contributed by atoms with Crippen LogP contribution >= 0.6 is 0 Å². The van der Waals surface area contributed by atoms with Gasteiger partial charge in [0, 0.05) is 37.4 Å². The van der Waals surface area contributed by atoms with Gasteiger partial charge in [-0.25, -0.2) is 4.39 Å². The second-order valence-electron chi connectivity index (χ2n) is 5.71. The van der Waals surface area contributed by atoms with E-state index in [9.17, 15) is 9.18 Å². The summed E-state index contributed by atoms with van der Waals surface area (Å²) in [6.07, 6.45) is 0. The number of piperazine rings is 1. The van der Waals surface area contributed by atoms with Crippen molar-refractivity contribution in [2.24, 2.45) is 0 Å². The molecule has 1 aliphatic rings. The van der Waals surface area contributed by atoms with E-state index in [1.54, 1.807) is 0 Å². The van der Waals surface area contributed by atoms with Crippen molar-refractivity contribution in [2.45, 2.75) is 6.92 Å². The predicted octanol–water partition coefficient (Wildman–Crippen LogP) is 3.19. The Kier molecular flexibility index (Phi) is 4.99. The lowest BCUT2D eigenvalue weighted by molar-refractivity contribution is 0.0746. The van der Waals surface area contributed by atoms with Crippen LogP contribution in [0.25, 0.3) is 0 Å². The van der Waals surface area contributed by atoms with E-state index in [-0.39, 0.29) is 11.7 Å². The second kappa shape index (κ2) is 7.34. The molecule has 0 N–H and O–H groups in total. The highest BCUT2D eigenvalue weighted by Crippen LogP contribution is 2.21. The van der Waals surface area contributed by atoms with Crippen LogP contribution in [-0.2, 0) is 0 Å². The Morgan fingerprint density at radius 2 is 1.62 bits per heavy atom. The number of hydrogen-bond acceptors (Lipinski definition) is 3. The number of ether oxygens (including phenoxy) is 1. The lowest BCUT2D eigenvalue weighted by Gasteiger charge is -2.36. The van der Waals surface area contributed by atoms with Gasteiger partial charge >= 0.3 is 0 Å². The average molecular weight is 328 g/mol. The minimum atomic E-state index is -0.327. The van der Waals surface area contributed by atoms with Crippen LogP contribution in [0.1, 0.15) is 17.3 Å². The Balaban J connectivity index is 1.59. The smallest absolute Gasteiger partial charge is 0.253 e. The summed E-state index contributed by atoms with van der Waals surface area (Å²) in [6, 6.07) is 13.7. The molecule has 1 amide bonds. The molecule has 24 heavy (non-hydrogen) atoms. The largest absolute Gasteiger partial charge is 0.494 e. The number of carbonyl (C=O) groups is 1. The molecule has 2 aromatic rings. The SMILES string of the molecule is CCOc1ccc(N2CCN(C(=O)c3ccc(F)cc3)CC2)cc1. The van der Waals surface area contributed by atoms with Crippen molar-refractivity contribution in [2.75, 3.05) is 37.7 Å². The lowest BCUT2D eigenvalue weighted by atomic mass is 10.1. The van der Waals surface area contributed by atoms with E-state index in [1.165, 1.54) is 24.3 Å². The van der Waals surface area contributed by atoms with Crippen molar-refractivity contribution in [3.63, 3.8) is 0 Å². The van der Waals surface area contributed by atoms with Crippen LogP contribution < -0.4 is 9.64 Å². The van der Waals surface area contributed by atoms with E-state index in [1.807, 2.05) is 36.1 Å². The molecule has 0 atom stereocenters. The number of amides is 1. The van der Waals surface area contributed by atoms with E-state index in [4.69, 9.17) is 4.74 Å². The van der Waals surface area contributed by atoms with Crippen LogP contribution in [0.15, 0.2) is 48.5 Å². The fourth-order valence-electron chi connectivity index (χ4n) is 2.86. The normalized spacial score (nSPS) is 14.6. The third-order valence-corrected chi connectivity index (χ3v) is 4.17. The molecule has 1 saturated heterocycles. The third kappa shape index (κ3) is 3.67. The van der Waals surface area contributed by atoms with Crippen LogP contribution in [0.4, 0.5) is 10.1 Å². The molecule has 0 spiro atoms. The van der Waals surface area contributed by atoms with Crippen molar-refractivity contribution >= 4 is 11.6 Å². The van der Waals surface area contributed by atoms with Crippen molar-refractivity contribution in [3.8, 4) is 5.75 Å². The van der Waals surface area contributed by atoms with Crippen LogP contribution in [0.5, 0.6) is 5.75 Å². The van der Waals surface area contributed by atoms with E-state index in [0.29, 0.717) is 25.3 Å². The maximum absolute atomic E-state index is 13.0. The van der Waals surface area contributed by atoms with Gasteiger partial charge in [0.25, 0.3) is 5.91 Å². The number of rotatable bonds is 4. The highest BCUT2D eigenvalue weighted by atomic mass is 19.1. The fraction of sp³-hybridized carbons (Fsp3) is 0.316.